The molecule has 4 nitrogen and oxygen atoms in total. The summed E-state index contributed by atoms with van der Waals surface area (Å²) in [5, 5.41) is 4.94. The van der Waals surface area contributed by atoms with Crippen LogP contribution >= 0.6 is 15.9 Å². The molecule has 2 aromatic rings. The molecule has 2 amide bonds. The Labute approximate surface area is 134 Å². The van der Waals surface area contributed by atoms with Crippen LogP contribution in [0, 0.1) is 11.6 Å². The molecule has 0 unspecified atom stereocenters. The summed E-state index contributed by atoms with van der Waals surface area (Å²) in [6.45, 7) is 0.554. The van der Waals surface area contributed by atoms with Gasteiger partial charge in [-0.05, 0) is 36.4 Å². The van der Waals surface area contributed by atoms with Gasteiger partial charge in [0.2, 0.25) is 0 Å². The molecule has 2 aromatic carbocycles. The molecule has 116 valence electrons. The number of nitrogens with one attached hydrogen (secondary N) is 2. The Hall–Kier alpha value is -2.15. The summed E-state index contributed by atoms with van der Waals surface area (Å²) in [7, 11) is 0. The van der Waals surface area contributed by atoms with E-state index in [2.05, 4.69) is 26.6 Å². The lowest BCUT2D eigenvalue weighted by atomic mass is 10.3. The second kappa shape index (κ2) is 7.74. The third kappa shape index (κ3) is 5.00. The summed E-state index contributed by atoms with van der Waals surface area (Å²) >= 11 is 3.32. The van der Waals surface area contributed by atoms with Crippen molar-refractivity contribution in [3.05, 3.63) is 58.6 Å². The van der Waals surface area contributed by atoms with E-state index in [0.717, 1.165) is 16.6 Å². The molecule has 0 radical (unpaired) electrons. The van der Waals surface area contributed by atoms with Crippen molar-refractivity contribution in [2.45, 2.75) is 0 Å². The van der Waals surface area contributed by atoms with Crippen LogP contribution < -0.4 is 15.4 Å². The number of rotatable bonds is 5. The Morgan fingerprint density at radius 2 is 1.82 bits per heavy atom. The van der Waals surface area contributed by atoms with Crippen LogP contribution in [0.4, 0.5) is 19.3 Å². The van der Waals surface area contributed by atoms with Gasteiger partial charge in [-0.2, -0.15) is 0 Å². The van der Waals surface area contributed by atoms with E-state index in [9.17, 15) is 13.6 Å². The molecule has 0 bridgehead atoms. The standard InChI is InChI=1S/C15H13BrF2N2O2/c16-10-1-4-12(5-2-10)22-8-7-19-15(21)20-11-3-6-13(17)14(18)9-11/h1-6,9H,7-8H2,(H2,19,20,21). The fourth-order valence-electron chi connectivity index (χ4n) is 1.61. The number of halogens is 3. The van der Waals surface area contributed by atoms with Crippen LogP contribution in [0.1, 0.15) is 0 Å². The van der Waals surface area contributed by atoms with Crippen molar-refractivity contribution in [2.75, 3.05) is 18.5 Å². The lowest BCUT2D eigenvalue weighted by Gasteiger charge is -2.09. The summed E-state index contributed by atoms with van der Waals surface area (Å²) in [4.78, 5) is 11.6. The molecule has 0 saturated heterocycles. The molecule has 0 heterocycles. The molecule has 0 aliphatic rings. The number of ether oxygens (including phenoxy) is 1. The maximum Gasteiger partial charge on any atom is 0.319 e. The molecule has 0 saturated carbocycles. The maximum absolute atomic E-state index is 13.0. The zero-order valence-electron chi connectivity index (χ0n) is 11.4. The number of urea groups is 1. The van der Waals surface area contributed by atoms with Crippen LogP contribution in [-0.4, -0.2) is 19.2 Å². The molecular weight excluding hydrogens is 358 g/mol. The van der Waals surface area contributed by atoms with Crippen LogP contribution in [0.15, 0.2) is 46.9 Å². The average molecular weight is 371 g/mol. The molecule has 0 aliphatic heterocycles. The van der Waals surface area contributed by atoms with Gasteiger partial charge in [-0.25, -0.2) is 13.6 Å². The van der Waals surface area contributed by atoms with Crippen LogP contribution in [0.5, 0.6) is 5.75 Å². The smallest absolute Gasteiger partial charge is 0.319 e. The minimum atomic E-state index is -1.02. The Morgan fingerprint density at radius 1 is 1.09 bits per heavy atom. The largest absolute Gasteiger partial charge is 0.492 e. The fraction of sp³-hybridized carbons (Fsp3) is 0.133. The highest BCUT2D eigenvalue weighted by atomic mass is 79.9. The first-order valence-corrected chi connectivity index (χ1v) is 7.22. The van der Waals surface area contributed by atoms with Gasteiger partial charge >= 0.3 is 6.03 Å². The summed E-state index contributed by atoms with van der Waals surface area (Å²) in [5.41, 5.74) is 0.172. The van der Waals surface area contributed by atoms with Crippen molar-refractivity contribution in [3.8, 4) is 5.75 Å². The summed E-state index contributed by atoms with van der Waals surface area (Å²) in [6, 6.07) is 9.89. The van der Waals surface area contributed by atoms with Gasteiger partial charge in [-0.15, -0.1) is 0 Å². The number of carbonyl (C=O) groups excluding carboxylic acids is 1. The van der Waals surface area contributed by atoms with E-state index in [-0.39, 0.29) is 18.8 Å². The topological polar surface area (TPSA) is 50.4 Å². The van der Waals surface area contributed by atoms with Gasteiger partial charge in [0.25, 0.3) is 0 Å². The van der Waals surface area contributed by atoms with Gasteiger partial charge in [-0.3, -0.25) is 0 Å². The Morgan fingerprint density at radius 3 is 2.50 bits per heavy atom. The van der Waals surface area contributed by atoms with E-state index in [1.54, 1.807) is 12.1 Å². The minimum Gasteiger partial charge on any atom is -0.492 e. The first-order valence-electron chi connectivity index (χ1n) is 6.43. The number of hydrogen-bond donors (Lipinski definition) is 2. The molecule has 2 N–H and O–H groups in total. The second-order valence-corrected chi connectivity index (χ2v) is 5.23. The van der Waals surface area contributed by atoms with Crippen molar-refractivity contribution in [1.82, 2.24) is 5.32 Å². The van der Waals surface area contributed by atoms with E-state index in [4.69, 9.17) is 4.74 Å². The zero-order chi connectivity index (χ0) is 15.9. The Bertz CT molecular complexity index is 650. The molecule has 0 aliphatic carbocycles. The first-order chi connectivity index (χ1) is 10.5. The quantitative estimate of drug-likeness (QED) is 0.783. The summed E-state index contributed by atoms with van der Waals surface area (Å²) < 4.78 is 32.1. The lowest BCUT2D eigenvalue weighted by molar-refractivity contribution is 0.247. The summed E-state index contributed by atoms with van der Waals surface area (Å²) in [6.07, 6.45) is 0. The summed E-state index contributed by atoms with van der Waals surface area (Å²) in [5.74, 6) is -1.30. The van der Waals surface area contributed by atoms with Crippen LogP contribution in [0.2, 0.25) is 0 Å². The molecule has 0 spiro atoms. The van der Waals surface area contributed by atoms with Crippen molar-refractivity contribution in [1.29, 1.82) is 0 Å². The molecule has 22 heavy (non-hydrogen) atoms. The van der Waals surface area contributed by atoms with Gasteiger partial charge in [0, 0.05) is 16.2 Å². The van der Waals surface area contributed by atoms with Gasteiger partial charge < -0.3 is 15.4 Å². The fourth-order valence-corrected chi connectivity index (χ4v) is 1.88. The number of benzene rings is 2. The third-order valence-corrected chi connectivity index (χ3v) is 3.18. The lowest BCUT2D eigenvalue weighted by Crippen LogP contribution is -2.32. The van der Waals surface area contributed by atoms with E-state index < -0.39 is 17.7 Å². The first kappa shape index (κ1) is 16.2. The molecule has 0 atom stereocenters. The van der Waals surface area contributed by atoms with Crippen molar-refractivity contribution in [2.24, 2.45) is 0 Å². The van der Waals surface area contributed by atoms with E-state index in [1.165, 1.54) is 6.07 Å². The Kier molecular flexibility index (Phi) is 5.71. The highest BCUT2D eigenvalue weighted by molar-refractivity contribution is 9.10. The monoisotopic (exact) mass is 370 g/mol. The number of hydrogen-bond acceptors (Lipinski definition) is 2. The van der Waals surface area contributed by atoms with Gasteiger partial charge in [0.15, 0.2) is 11.6 Å². The second-order valence-electron chi connectivity index (χ2n) is 4.31. The van der Waals surface area contributed by atoms with E-state index in [1.807, 2.05) is 12.1 Å². The van der Waals surface area contributed by atoms with Crippen molar-refractivity contribution < 1.29 is 18.3 Å². The van der Waals surface area contributed by atoms with Crippen LogP contribution in [-0.2, 0) is 0 Å². The van der Waals surface area contributed by atoms with E-state index >= 15 is 0 Å². The normalized spacial score (nSPS) is 10.1. The van der Waals surface area contributed by atoms with Gasteiger partial charge in [0.1, 0.15) is 12.4 Å². The average Bonchev–Trinajstić information content (AvgIpc) is 2.49. The van der Waals surface area contributed by atoms with Crippen molar-refractivity contribution >= 4 is 27.6 Å². The predicted molar refractivity (Wildman–Crippen MR) is 83.0 cm³/mol. The van der Waals surface area contributed by atoms with E-state index in [0.29, 0.717) is 5.75 Å². The molecule has 0 fully saturated rings. The van der Waals surface area contributed by atoms with Crippen molar-refractivity contribution in [3.63, 3.8) is 0 Å². The Balaban J connectivity index is 1.71. The van der Waals surface area contributed by atoms with Crippen LogP contribution in [0.25, 0.3) is 0 Å². The molecule has 7 heteroatoms. The maximum atomic E-state index is 13.0. The molecule has 0 aromatic heterocycles. The van der Waals surface area contributed by atoms with Crippen LogP contribution in [0.3, 0.4) is 0 Å². The SMILES string of the molecule is O=C(NCCOc1ccc(Br)cc1)Nc1ccc(F)c(F)c1. The molecule has 2 rings (SSSR count). The third-order valence-electron chi connectivity index (χ3n) is 2.65. The number of amides is 2. The molecular formula is C15H13BrF2N2O2. The van der Waals surface area contributed by atoms with Gasteiger partial charge in [-0.1, -0.05) is 15.9 Å². The number of carbonyl (C=O) groups is 1. The van der Waals surface area contributed by atoms with Gasteiger partial charge in [0.05, 0.1) is 6.54 Å². The highest BCUT2D eigenvalue weighted by Gasteiger charge is 2.05. The predicted octanol–water partition coefficient (Wildman–Crippen LogP) is 3.93. The number of anilines is 1. The highest BCUT2D eigenvalue weighted by Crippen LogP contribution is 2.16. The zero-order valence-corrected chi connectivity index (χ0v) is 13.0. The minimum absolute atomic E-state index is 0.172.